The number of nitrogens with zero attached hydrogens (tertiary/aromatic N) is 1. The van der Waals surface area contributed by atoms with E-state index in [2.05, 4.69) is 5.32 Å². The smallest absolute Gasteiger partial charge is 0.258 e. The molecule has 1 heterocycles. The van der Waals surface area contributed by atoms with E-state index in [0.29, 0.717) is 36.7 Å². The zero-order valence-corrected chi connectivity index (χ0v) is 12.6. The lowest BCUT2D eigenvalue weighted by Crippen LogP contribution is -2.63. The molecule has 6 heteroatoms. The van der Waals surface area contributed by atoms with Crippen LogP contribution in [0.2, 0.25) is 0 Å². The summed E-state index contributed by atoms with van der Waals surface area (Å²) in [5, 5.41) is 2.77. The molecular formula is C15H21N3O3. The van der Waals surface area contributed by atoms with Crippen LogP contribution in [0.1, 0.15) is 31.1 Å². The third-order valence-electron chi connectivity index (χ3n) is 3.66. The van der Waals surface area contributed by atoms with Gasteiger partial charge in [-0.25, -0.2) is 0 Å². The number of hydrogen-bond donors (Lipinski definition) is 2. The molecule has 21 heavy (non-hydrogen) atoms. The number of benzene rings is 1. The lowest BCUT2D eigenvalue weighted by molar-refractivity contribution is -0.133. The van der Waals surface area contributed by atoms with Gasteiger partial charge in [0.05, 0.1) is 17.9 Å². The maximum Gasteiger partial charge on any atom is 0.258 e. The molecule has 0 spiro atoms. The van der Waals surface area contributed by atoms with Gasteiger partial charge in [0.15, 0.2) is 5.75 Å². The Kier molecular flexibility index (Phi) is 4.06. The van der Waals surface area contributed by atoms with Crippen LogP contribution >= 0.6 is 0 Å². The molecule has 1 saturated heterocycles. The van der Waals surface area contributed by atoms with Crippen molar-refractivity contribution in [1.29, 1.82) is 0 Å². The summed E-state index contributed by atoms with van der Waals surface area (Å²) in [6.07, 6.45) is 0. The van der Waals surface area contributed by atoms with Crippen LogP contribution in [0.5, 0.6) is 5.75 Å². The standard InChI is InChI=1S/C15H21N3O3/c1-4-21-12-10(6-5-7-11(12)16)13(19)18-9-8-17-14(20)15(18,2)3/h5-7H,4,8-9,16H2,1-3H3,(H,17,20). The number of para-hydroxylation sites is 1. The molecule has 0 radical (unpaired) electrons. The van der Waals surface area contributed by atoms with Crippen molar-refractivity contribution in [3.05, 3.63) is 23.8 Å². The van der Waals surface area contributed by atoms with E-state index in [4.69, 9.17) is 10.5 Å². The van der Waals surface area contributed by atoms with Gasteiger partial charge in [0.2, 0.25) is 5.91 Å². The quantitative estimate of drug-likeness (QED) is 0.814. The summed E-state index contributed by atoms with van der Waals surface area (Å²) in [6, 6.07) is 5.07. The predicted molar refractivity (Wildman–Crippen MR) is 80.1 cm³/mol. The second-order valence-electron chi connectivity index (χ2n) is 5.43. The lowest BCUT2D eigenvalue weighted by Gasteiger charge is -2.41. The number of carbonyl (C=O) groups excluding carboxylic acids is 2. The number of nitrogens with two attached hydrogens (primary N) is 1. The van der Waals surface area contributed by atoms with Crippen molar-refractivity contribution < 1.29 is 14.3 Å². The van der Waals surface area contributed by atoms with Crippen LogP contribution in [-0.2, 0) is 4.79 Å². The summed E-state index contributed by atoms with van der Waals surface area (Å²) in [6.45, 7) is 6.60. The molecule has 6 nitrogen and oxygen atoms in total. The highest BCUT2D eigenvalue weighted by molar-refractivity contribution is 6.02. The van der Waals surface area contributed by atoms with Gasteiger partial charge < -0.3 is 20.7 Å². The molecule has 0 saturated carbocycles. The Bertz CT molecular complexity index is 569. The van der Waals surface area contributed by atoms with Gasteiger partial charge in [-0.2, -0.15) is 0 Å². The highest BCUT2D eigenvalue weighted by Crippen LogP contribution is 2.30. The van der Waals surface area contributed by atoms with Gasteiger partial charge in [-0.1, -0.05) is 6.07 Å². The molecule has 0 aromatic heterocycles. The van der Waals surface area contributed by atoms with Gasteiger partial charge in [0, 0.05) is 13.1 Å². The van der Waals surface area contributed by atoms with Crippen molar-refractivity contribution >= 4 is 17.5 Å². The summed E-state index contributed by atoms with van der Waals surface area (Å²) in [5.41, 5.74) is 5.80. The number of carbonyl (C=O) groups is 2. The maximum absolute atomic E-state index is 12.8. The highest BCUT2D eigenvalue weighted by Gasteiger charge is 2.41. The van der Waals surface area contributed by atoms with E-state index in [1.165, 1.54) is 0 Å². The summed E-state index contributed by atoms with van der Waals surface area (Å²) in [4.78, 5) is 26.4. The van der Waals surface area contributed by atoms with Crippen molar-refractivity contribution in [2.24, 2.45) is 0 Å². The molecule has 1 aromatic rings. The zero-order valence-electron chi connectivity index (χ0n) is 12.6. The third-order valence-corrected chi connectivity index (χ3v) is 3.66. The van der Waals surface area contributed by atoms with E-state index in [9.17, 15) is 9.59 Å². The van der Waals surface area contributed by atoms with Crippen molar-refractivity contribution in [2.45, 2.75) is 26.3 Å². The maximum atomic E-state index is 12.8. The second-order valence-corrected chi connectivity index (χ2v) is 5.43. The topological polar surface area (TPSA) is 84.7 Å². The minimum Gasteiger partial charge on any atom is -0.491 e. The van der Waals surface area contributed by atoms with Crippen LogP contribution in [0.25, 0.3) is 0 Å². The molecule has 0 unspecified atom stereocenters. The van der Waals surface area contributed by atoms with Crippen LogP contribution < -0.4 is 15.8 Å². The molecular weight excluding hydrogens is 270 g/mol. The minimum absolute atomic E-state index is 0.163. The van der Waals surface area contributed by atoms with Crippen LogP contribution in [0.3, 0.4) is 0 Å². The Hall–Kier alpha value is -2.24. The molecule has 2 amide bonds. The predicted octanol–water partition coefficient (Wildman–Crippen LogP) is 1.02. The monoisotopic (exact) mass is 291 g/mol. The molecule has 1 aromatic carbocycles. The summed E-state index contributed by atoms with van der Waals surface area (Å²) in [5.74, 6) is -0.0265. The third kappa shape index (κ3) is 2.66. The van der Waals surface area contributed by atoms with E-state index in [1.54, 1.807) is 36.9 Å². The minimum atomic E-state index is -0.899. The molecule has 3 N–H and O–H groups in total. The summed E-state index contributed by atoms with van der Waals surface area (Å²) in [7, 11) is 0. The molecule has 114 valence electrons. The number of nitrogens with one attached hydrogen (secondary N) is 1. The fourth-order valence-corrected chi connectivity index (χ4v) is 2.43. The highest BCUT2D eigenvalue weighted by atomic mass is 16.5. The van der Waals surface area contributed by atoms with Crippen LogP contribution in [-0.4, -0.2) is 41.9 Å². The Morgan fingerprint density at radius 1 is 1.48 bits per heavy atom. The molecule has 0 aliphatic carbocycles. The summed E-state index contributed by atoms with van der Waals surface area (Å²) < 4.78 is 5.50. The first-order chi connectivity index (χ1) is 9.89. The first-order valence-electron chi connectivity index (χ1n) is 7.01. The SMILES string of the molecule is CCOc1c(N)cccc1C(=O)N1CCNC(=O)C1(C)C. The van der Waals surface area contributed by atoms with Crippen LogP contribution in [0.15, 0.2) is 18.2 Å². The van der Waals surface area contributed by atoms with E-state index >= 15 is 0 Å². The first kappa shape index (κ1) is 15.2. The van der Waals surface area contributed by atoms with Crippen LogP contribution in [0.4, 0.5) is 5.69 Å². The number of nitrogen functional groups attached to an aromatic ring is 1. The Morgan fingerprint density at radius 2 is 2.19 bits per heavy atom. The number of ether oxygens (including phenoxy) is 1. The van der Waals surface area contributed by atoms with E-state index < -0.39 is 5.54 Å². The Labute approximate surface area is 124 Å². The fourth-order valence-electron chi connectivity index (χ4n) is 2.43. The number of piperazine rings is 1. The van der Waals surface area contributed by atoms with Gasteiger partial charge in [-0.15, -0.1) is 0 Å². The average Bonchev–Trinajstić information content (AvgIpc) is 2.43. The molecule has 1 aliphatic heterocycles. The van der Waals surface area contributed by atoms with E-state index in [1.807, 2.05) is 6.92 Å². The molecule has 0 atom stereocenters. The van der Waals surface area contributed by atoms with Gasteiger partial charge in [-0.05, 0) is 32.9 Å². The van der Waals surface area contributed by atoms with Crippen molar-refractivity contribution in [3.63, 3.8) is 0 Å². The molecule has 2 rings (SSSR count). The Morgan fingerprint density at radius 3 is 2.86 bits per heavy atom. The van der Waals surface area contributed by atoms with Gasteiger partial charge in [0.25, 0.3) is 5.91 Å². The van der Waals surface area contributed by atoms with Crippen molar-refractivity contribution in [2.75, 3.05) is 25.4 Å². The largest absolute Gasteiger partial charge is 0.491 e. The van der Waals surface area contributed by atoms with Crippen LogP contribution in [0, 0.1) is 0 Å². The number of rotatable bonds is 3. The average molecular weight is 291 g/mol. The van der Waals surface area contributed by atoms with E-state index in [-0.39, 0.29) is 11.8 Å². The number of hydrogen-bond acceptors (Lipinski definition) is 4. The Balaban J connectivity index is 2.40. The zero-order chi connectivity index (χ0) is 15.6. The number of amides is 2. The number of anilines is 1. The molecule has 1 fully saturated rings. The first-order valence-corrected chi connectivity index (χ1v) is 7.01. The molecule has 0 bridgehead atoms. The van der Waals surface area contributed by atoms with Crippen molar-refractivity contribution in [1.82, 2.24) is 10.2 Å². The fraction of sp³-hybridized carbons (Fsp3) is 0.467. The lowest BCUT2D eigenvalue weighted by atomic mass is 9.97. The van der Waals surface area contributed by atoms with E-state index in [0.717, 1.165) is 0 Å². The van der Waals surface area contributed by atoms with Gasteiger partial charge in [0.1, 0.15) is 5.54 Å². The molecule has 1 aliphatic rings. The van der Waals surface area contributed by atoms with Gasteiger partial charge in [-0.3, -0.25) is 9.59 Å². The second kappa shape index (κ2) is 5.63. The summed E-state index contributed by atoms with van der Waals surface area (Å²) >= 11 is 0. The normalized spacial score (nSPS) is 17.3. The van der Waals surface area contributed by atoms with Gasteiger partial charge >= 0.3 is 0 Å². The van der Waals surface area contributed by atoms with Crippen molar-refractivity contribution in [3.8, 4) is 5.75 Å².